The zero-order valence-electron chi connectivity index (χ0n) is 17.7. The first-order valence-electron chi connectivity index (χ1n) is 10.8. The van der Waals surface area contributed by atoms with Crippen molar-refractivity contribution in [2.45, 2.75) is 50.9 Å². The highest BCUT2D eigenvalue weighted by Gasteiger charge is 2.43. The molecular weight excluding hydrogens is 474 g/mol. The summed E-state index contributed by atoms with van der Waals surface area (Å²) in [6.07, 6.45) is 8.97. The number of halogens is 1. The third kappa shape index (κ3) is 4.12. The molecular formula is C25H24BrNO5. The van der Waals surface area contributed by atoms with Crippen LogP contribution in [0.2, 0.25) is 0 Å². The van der Waals surface area contributed by atoms with Crippen LogP contribution in [0.3, 0.4) is 0 Å². The predicted octanol–water partition coefficient (Wildman–Crippen LogP) is 4.35. The second kappa shape index (κ2) is 9.33. The number of terminal acetylenes is 1. The summed E-state index contributed by atoms with van der Waals surface area (Å²) in [6, 6.07) is 5.57. The fourth-order valence-corrected chi connectivity index (χ4v) is 5.47. The molecule has 0 radical (unpaired) electrons. The van der Waals surface area contributed by atoms with Gasteiger partial charge in [0.25, 0.3) is 0 Å². The van der Waals surface area contributed by atoms with Gasteiger partial charge in [-0.05, 0) is 59.3 Å². The molecule has 7 heteroatoms. The van der Waals surface area contributed by atoms with E-state index in [-0.39, 0.29) is 31.1 Å². The Balaban J connectivity index is 1.85. The third-order valence-electron chi connectivity index (χ3n) is 6.24. The van der Waals surface area contributed by atoms with Gasteiger partial charge in [0.1, 0.15) is 12.4 Å². The first-order valence-corrected chi connectivity index (χ1v) is 11.6. The van der Waals surface area contributed by atoms with Crippen LogP contribution in [0, 0.1) is 12.3 Å². The third-order valence-corrected chi connectivity index (χ3v) is 6.86. The number of carboxylic acid groups (broad SMARTS) is 1. The molecule has 0 bridgehead atoms. The zero-order chi connectivity index (χ0) is 22.8. The van der Waals surface area contributed by atoms with Crippen molar-refractivity contribution in [3.05, 3.63) is 50.8 Å². The molecule has 1 aliphatic heterocycles. The maximum Gasteiger partial charge on any atom is 0.305 e. The maximum atomic E-state index is 13.2. The number of benzene rings is 1. The van der Waals surface area contributed by atoms with Crippen LogP contribution in [-0.2, 0) is 14.4 Å². The van der Waals surface area contributed by atoms with Crippen molar-refractivity contribution in [3.63, 3.8) is 0 Å². The van der Waals surface area contributed by atoms with Crippen LogP contribution in [-0.4, -0.2) is 40.7 Å². The number of ether oxygens (including phenoxy) is 1. The minimum Gasteiger partial charge on any atom is -0.481 e. The summed E-state index contributed by atoms with van der Waals surface area (Å²) in [5.41, 5.74) is 3.88. The average Bonchev–Trinajstić information content (AvgIpc) is 2.76. The largest absolute Gasteiger partial charge is 0.481 e. The number of hydrogen-bond donors (Lipinski definition) is 1. The van der Waals surface area contributed by atoms with Gasteiger partial charge in [0.2, 0.25) is 0 Å². The predicted molar refractivity (Wildman–Crippen MR) is 122 cm³/mol. The van der Waals surface area contributed by atoms with Gasteiger partial charge in [-0.1, -0.05) is 12.0 Å². The number of aliphatic carboxylic acids is 1. The number of carboxylic acids is 1. The highest BCUT2D eigenvalue weighted by atomic mass is 79.9. The average molecular weight is 498 g/mol. The number of nitrogens with zero attached hydrogens (tertiary/aromatic N) is 1. The highest BCUT2D eigenvalue weighted by Crippen LogP contribution is 2.49. The normalized spacial score (nSPS) is 18.9. The minimum absolute atomic E-state index is 0.0327. The van der Waals surface area contributed by atoms with Gasteiger partial charge in [-0.15, -0.1) is 6.42 Å². The monoisotopic (exact) mass is 497 g/mol. The molecule has 2 aliphatic carbocycles. The summed E-state index contributed by atoms with van der Waals surface area (Å²) < 4.78 is 6.25. The molecule has 0 aromatic heterocycles. The Bertz CT molecular complexity index is 1050. The Labute approximate surface area is 195 Å². The van der Waals surface area contributed by atoms with Crippen molar-refractivity contribution in [3.8, 4) is 18.1 Å². The van der Waals surface area contributed by atoms with Crippen molar-refractivity contribution < 1.29 is 24.2 Å². The maximum absolute atomic E-state index is 13.2. The van der Waals surface area contributed by atoms with Crippen molar-refractivity contribution in [2.75, 3.05) is 13.2 Å². The van der Waals surface area contributed by atoms with Crippen LogP contribution in [0.15, 0.2) is 45.2 Å². The van der Waals surface area contributed by atoms with E-state index < -0.39 is 11.9 Å². The molecule has 0 saturated carbocycles. The lowest BCUT2D eigenvalue weighted by atomic mass is 9.71. The molecule has 0 spiro atoms. The van der Waals surface area contributed by atoms with E-state index in [4.69, 9.17) is 11.2 Å². The first-order chi connectivity index (χ1) is 15.4. The smallest absolute Gasteiger partial charge is 0.305 e. The lowest BCUT2D eigenvalue weighted by Crippen LogP contribution is -2.39. The molecule has 0 saturated heterocycles. The minimum atomic E-state index is -0.896. The Kier molecular flexibility index (Phi) is 6.52. The fraction of sp³-hybridized carbons (Fsp3) is 0.400. The standard InChI is InChI=1S/C25H24BrNO5/c1-2-13-32-21-10-9-15(14-16(21)26)23-24-17(5-3-7-19(24)28)27(12-11-22(30)31)18-6-4-8-20(29)25(18)23/h1,9-10,14,23H,3-8,11-13H2,(H,30,31). The van der Waals surface area contributed by atoms with Crippen LogP contribution in [0.25, 0.3) is 0 Å². The van der Waals surface area contributed by atoms with E-state index in [0.717, 1.165) is 29.8 Å². The molecule has 166 valence electrons. The second-order valence-electron chi connectivity index (χ2n) is 8.19. The summed E-state index contributed by atoms with van der Waals surface area (Å²) in [6.45, 7) is 0.407. The summed E-state index contributed by atoms with van der Waals surface area (Å²) in [4.78, 5) is 39.6. The van der Waals surface area contributed by atoms with Crippen LogP contribution in [0.4, 0.5) is 0 Å². The van der Waals surface area contributed by atoms with Crippen LogP contribution < -0.4 is 4.74 Å². The molecule has 1 N–H and O–H groups in total. The molecule has 0 unspecified atom stereocenters. The molecule has 0 atom stereocenters. The highest BCUT2D eigenvalue weighted by molar-refractivity contribution is 9.10. The van der Waals surface area contributed by atoms with Gasteiger partial charge in [0.05, 0.1) is 10.9 Å². The van der Waals surface area contributed by atoms with Crippen LogP contribution in [0.5, 0.6) is 5.75 Å². The number of carbonyl (C=O) groups excluding carboxylic acids is 2. The Hall–Kier alpha value is -2.85. The van der Waals surface area contributed by atoms with Gasteiger partial charge < -0.3 is 14.7 Å². The van der Waals surface area contributed by atoms with E-state index in [1.54, 1.807) is 6.07 Å². The van der Waals surface area contributed by atoms with Crippen molar-refractivity contribution in [1.82, 2.24) is 4.90 Å². The summed E-state index contributed by atoms with van der Waals surface area (Å²) in [5, 5.41) is 9.27. The number of allylic oxidation sites excluding steroid dienone is 4. The van der Waals surface area contributed by atoms with E-state index in [0.29, 0.717) is 47.1 Å². The van der Waals surface area contributed by atoms with Crippen LogP contribution >= 0.6 is 15.9 Å². The number of hydrogen-bond acceptors (Lipinski definition) is 5. The van der Waals surface area contributed by atoms with Gasteiger partial charge >= 0.3 is 5.97 Å². The SMILES string of the molecule is C#CCOc1ccc(C2C3=C(CCCC3=O)N(CCC(=O)O)C3=C2C(=O)CCC3)cc1Br. The second-order valence-corrected chi connectivity index (χ2v) is 9.04. The van der Waals surface area contributed by atoms with E-state index in [1.165, 1.54) is 0 Å². The lowest BCUT2D eigenvalue weighted by molar-refractivity contribution is -0.137. The van der Waals surface area contributed by atoms with E-state index in [2.05, 4.69) is 21.9 Å². The van der Waals surface area contributed by atoms with Crippen LogP contribution in [0.1, 0.15) is 56.4 Å². The van der Waals surface area contributed by atoms with Crippen molar-refractivity contribution >= 4 is 33.5 Å². The van der Waals surface area contributed by atoms with Gasteiger partial charge in [-0.2, -0.15) is 0 Å². The van der Waals surface area contributed by atoms with E-state index in [9.17, 15) is 19.5 Å². The molecule has 0 fully saturated rings. The van der Waals surface area contributed by atoms with E-state index in [1.807, 2.05) is 17.0 Å². The molecule has 3 aliphatic rings. The van der Waals surface area contributed by atoms with E-state index >= 15 is 0 Å². The first kappa shape index (κ1) is 22.3. The van der Waals surface area contributed by atoms with Gasteiger partial charge in [-0.25, -0.2) is 0 Å². The Morgan fingerprint density at radius 3 is 2.28 bits per heavy atom. The molecule has 32 heavy (non-hydrogen) atoms. The number of carbonyl (C=O) groups is 3. The molecule has 6 nitrogen and oxygen atoms in total. The van der Waals surface area contributed by atoms with Crippen molar-refractivity contribution in [2.24, 2.45) is 0 Å². The molecule has 1 aromatic rings. The summed E-state index contributed by atoms with van der Waals surface area (Å²) in [5.74, 6) is 1.76. The Morgan fingerprint density at radius 2 is 1.75 bits per heavy atom. The van der Waals surface area contributed by atoms with Crippen molar-refractivity contribution in [1.29, 1.82) is 0 Å². The topological polar surface area (TPSA) is 83.9 Å². The fourth-order valence-electron chi connectivity index (χ4n) is 4.96. The molecule has 0 amide bonds. The summed E-state index contributed by atoms with van der Waals surface area (Å²) >= 11 is 3.53. The number of Topliss-reactive ketones (excluding diaryl/α,β-unsaturated/α-hetero) is 2. The van der Waals surface area contributed by atoms with Gasteiger partial charge in [0.15, 0.2) is 11.6 Å². The molecule has 1 heterocycles. The van der Waals surface area contributed by atoms with Gasteiger partial charge in [0, 0.05) is 47.8 Å². The molecule has 4 rings (SSSR count). The zero-order valence-corrected chi connectivity index (χ0v) is 19.2. The quantitative estimate of drug-likeness (QED) is 0.588. The number of rotatable bonds is 6. The summed E-state index contributed by atoms with van der Waals surface area (Å²) in [7, 11) is 0. The Morgan fingerprint density at radius 1 is 1.12 bits per heavy atom. The van der Waals surface area contributed by atoms with Gasteiger partial charge in [-0.3, -0.25) is 14.4 Å². The lowest BCUT2D eigenvalue weighted by Gasteiger charge is -2.44. The molecule has 1 aromatic carbocycles. The number of ketones is 2.